The Kier molecular flexibility index (Phi) is 5.28. The van der Waals surface area contributed by atoms with E-state index in [1.54, 1.807) is 18.3 Å². The van der Waals surface area contributed by atoms with Crippen molar-refractivity contribution in [1.29, 1.82) is 0 Å². The normalized spacial score (nSPS) is 15.9. The van der Waals surface area contributed by atoms with Crippen LogP contribution in [0.25, 0.3) is 0 Å². The van der Waals surface area contributed by atoms with Crippen molar-refractivity contribution in [2.24, 2.45) is 0 Å². The molecule has 2 aromatic heterocycles. The summed E-state index contributed by atoms with van der Waals surface area (Å²) >= 11 is 6.32. The van der Waals surface area contributed by atoms with Crippen LogP contribution in [-0.2, 0) is 19.1 Å². The van der Waals surface area contributed by atoms with Gasteiger partial charge < -0.3 is 15.0 Å². The molecule has 32 heavy (non-hydrogen) atoms. The van der Waals surface area contributed by atoms with Gasteiger partial charge in [-0.05, 0) is 55.7 Å². The largest absolute Gasteiger partial charge is 0.460 e. The lowest BCUT2D eigenvalue weighted by molar-refractivity contribution is -0.137. The number of ether oxygens (including phenoxy) is 1. The van der Waals surface area contributed by atoms with Gasteiger partial charge in [-0.3, -0.25) is 0 Å². The van der Waals surface area contributed by atoms with Crippen LogP contribution in [0.15, 0.2) is 42.6 Å². The molecule has 6 nitrogen and oxygen atoms in total. The van der Waals surface area contributed by atoms with Gasteiger partial charge in [-0.2, -0.15) is 23.1 Å². The molecular formula is C22H19ClF3N5O. The van der Waals surface area contributed by atoms with Gasteiger partial charge in [0.15, 0.2) is 0 Å². The zero-order valence-corrected chi connectivity index (χ0v) is 17.6. The number of halogens is 4. The molecule has 0 spiro atoms. The van der Waals surface area contributed by atoms with Gasteiger partial charge in [-0.1, -0.05) is 11.6 Å². The fraction of sp³-hybridized carbons (Fsp3) is 0.318. The summed E-state index contributed by atoms with van der Waals surface area (Å²) in [4.78, 5) is 15.6. The predicted octanol–water partition coefficient (Wildman–Crippen LogP) is 5.39. The SMILES string of the molecule is FC(F)(F)c1ccc(Nc2nc(OC3CC3)nc3c2CCN(c2ncccc2Cl)C3)cc1. The first kappa shape index (κ1) is 20.8. The Labute approximate surface area is 187 Å². The minimum Gasteiger partial charge on any atom is -0.460 e. The van der Waals surface area contributed by atoms with Crippen molar-refractivity contribution in [1.82, 2.24) is 15.0 Å². The van der Waals surface area contributed by atoms with E-state index in [-0.39, 0.29) is 12.1 Å². The molecule has 5 rings (SSSR count). The molecule has 0 amide bonds. The molecule has 1 fully saturated rings. The highest BCUT2D eigenvalue weighted by atomic mass is 35.5. The second kappa shape index (κ2) is 8.12. The topological polar surface area (TPSA) is 63.2 Å². The summed E-state index contributed by atoms with van der Waals surface area (Å²) in [5, 5.41) is 3.71. The molecule has 1 aromatic carbocycles. The number of fused-ring (bicyclic) bond motifs is 1. The zero-order valence-electron chi connectivity index (χ0n) is 16.9. The van der Waals surface area contributed by atoms with Gasteiger partial charge in [-0.25, -0.2) is 4.98 Å². The lowest BCUT2D eigenvalue weighted by Gasteiger charge is -2.30. The molecule has 0 atom stereocenters. The van der Waals surface area contributed by atoms with Gasteiger partial charge in [0.05, 0.1) is 22.8 Å². The summed E-state index contributed by atoms with van der Waals surface area (Å²) in [5.41, 5.74) is 1.48. The molecular weight excluding hydrogens is 443 g/mol. The Bertz CT molecular complexity index is 1140. The molecule has 3 heterocycles. The minimum absolute atomic E-state index is 0.108. The number of nitrogens with zero attached hydrogens (tertiary/aromatic N) is 4. The van der Waals surface area contributed by atoms with Gasteiger partial charge in [0, 0.05) is 24.0 Å². The van der Waals surface area contributed by atoms with Gasteiger partial charge in [0.25, 0.3) is 0 Å². The van der Waals surface area contributed by atoms with E-state index in [1.807, 2.05) is 4.90 Å². The van der Waals surface area contributed by atoms with Gasteiger partial charge >= 0.3 is 12.2 Å². The third-order valence-corrected chi connectivity index (χ3v) is 5.65. The average Bonchev–Trinajstić information content (AvgIpc) is 3.57. The fourth-order valence-corrected chi connectivity index (χ4v) is 3.81. The summed E-state index contributed by atoms with van der Waals surface area (Å²) in [6, 6.07) is 8.70. The Morgan fingerprint density at radius 1 is 1.09 bits per heavy atom. The van der Waals surface area contributed by atoms with Gasteiger partial charge in [-0.15, -0.1) is 0 Å². The molecule has 0 bridgehead atoms. The van der Waals surface area contributed by atoms with E-state index in [1.165, 1.54) is 12.1 Å². The molecule has 1 saturated carbocycles. The number of benzene rings is 1. The van der Waals surface area contributed by atoms with Crippen molar-refractivity contribution in [3.8, 4) is 6.01 Å². The van der Waals surface area contributed by atoms with Gasteiger partial charge in [0.2, 0.25) is 0 Å². The quantitative estimate of drug-likeness (QED) is 0.549. The molecule has 166 valence electrons. The third-order valence-electron chi connectivity index (χ3n) is 5.35. The molecule has 1 aliphatic heterocycles. The van der Waals surface area contributed by atoms with Crippen molar-refractivity contribution >= 4 is 28.9 Å². The smallest absolute Gasteiger partial charge is 0.416 e. The highest BCUT2D eigenvalue weighted by Crippen LogP contribution is 2.34. The Balaban J connectivity index is 1.45. The second-order valence-corrected chi connectivity index (χ2v) is 8.18. The maximum absolute atomic E-state index is 12.9. The second-order valence-electron chi connectivity index (χ2n) is 7.78. The van der Waals surface area contributed by atoms with Crippen molar-refractivity contribution in [2.45, 2.75) is 38.1 Å². The molecule has 1 N–H and O–H groups in total. The van der Waals surface area contributed by atoms with Crippen LogP contribution in [0.3, 0.4) is 0 Å². The van der Waals surface area contributed by atoms with Crippen LogP contribution >= 0.6 is 11.6 Å². The monoisotopic (exact) mass is 461 g/mol. The van der Waals surface area contributed by atoms with Gasteiger partial charge in [0.1, 0.15) is 17.7 Å². The number of hydrogen-bond acceptors (Lipinski definition) is 6. The number of rotatable bonds is 5. The number of anilines is 3. The van der Waals surface area contributed by atoms with Crippen LogP contribution in [0.1, 0.15) is 29.7 Å². The Hall–Kier alpha value is -3.07. The highest BCUT2D eigenvalue weighted by molar-refractivity contribution is 6.32. The van der Waals surface area contributed by atoms with Crippen molar-refractivity contribution in [3.63, 3.8) is 0 Å². The molecule has 3 aromatic rings. The minimum atomic E-state index is -4.38. The van der Waals surface area contributed by atoms with Crippen LogP contribution in [0, 0.1) is 0 Å². The predicted molar refractivity (Wildman–Crippen MR) is 114 cm³/mol. The number of hydrogen-bond donors (Lipinski definition) is 1. The Morgan fingerprint density at radius 3 is 2.56 bits per heavy atom. The summed E-state index contributed by atoms with van der Waals surface area (Å²) in [7, 11) is 0. The molecule has 10 heteroatoms. The van der Waals surface area contributed by atoms with Crippen LogP contribution in [0.4, 0.5) is 30.5 Å². The van der Waals surface area contributed by atoms with E-state index in [0.717, 1.165) is 36.2 Å². The van der Waals surface area contributed by atoms with E-state index in [4.69, 9.17) is 16.3 Å². The first-order chi connectivity index (χ1) is 15.4. The summed E-state index contributed by atoms with van der Waals surface area (Å²) in [6.07, 6.45) is -0.0500. The molecule has 1 aliphatic carbocycles. The van der Waals surface area contributed by atoms with E-state index in [9.17, 15) is 13.2 Å². The molecule has 0 saturated heterocycles. The number of pyridine rings is 1. The maximum atomic E-state index is 12.9. The summed E-state index contributed by atoms with van der Waals surface area (Å²) in [6.45, 7) is 1.12. The molecule has 0 unspecified atom stereocenters. The van der Waals surface area contributed by atoms with Crippen LogP contribution in [-0.4, -0.2) is 27.6 Å². The number of aromatic nitrogens is 3. The standard InChI is InChI=1S/C22H19ClF3N5O/c23-17-2-1-10-27-20(17)31-11-9-16-18(12-31)29-21(32-15-7-8-15)30-19(16)28-14-5-3-13(4-6-14)22(24,25)26/h1-6,10,15H,7-9,11-12H2,(H,28,29,30). The number of nitrogens with one attached hydrogen (secondary N) is 1. The van der Waals surface area contributed by atoms with Crippen molar-refractivity contribution < 1.29 is 17.9 Å². The first-order valence-corrected chi connectivity index (χ1v) is 10.6. The van der Waals surface area contributed by atoms with E-state index >= 15 is 0 Å². The maximum Gasteiger partial charge on any atom is 0.416 e. The molecule has 0 radical (unpaired) electrons. The van der Waals surface area contributed by atoms with Crippen LogP contribution < -0.4 is 15.0 Å². The Morgan fingerprint density at radius 2 is 1.88 bits per heavy atom. The van der Waals surface area contributed by atoms with Crippen LogP contribution in [0.2, 0.25) is 5.02 Å². The number of alkyl halides is 3. The van der Waals surface area contributed by atoms with E-state index in [0.29, 0.717) is 41.9 Å². The van der Waals surface area contributed by atoms with Crippen molar-refractivity contribution in [2.75, 3.05) is 16.8 Å². The third kappa shape index (κ3) is 4.43. The lowest BCUT2D eigenvalue weighted by atomic mass is 10.1. The summed E-state index contributed by atoms with van der Waals surface area (Å²) in [5.74, 6) is 1.22. The van der Waals surface area contributed by atoms with Crippen LogP contribution in [0.5, 0.6) is 6.01 Å². The lowest BCUT2D eigenvalue weighted by Crippen LogP contribution is -2.32. The zero-order chi connectivity index (χ0) is 22.3. The fourth-order valence-electron chi connectivity index (χ4n) is 3.57. The molecule has 2 aliphatic rings. The summed E-state index contributed by atoms with van der Waals surface area (Å²) < 4.78 is 44.5. The average molecular weight is 462 g/mol. The van der Waals surface area contributed by atoms with E-state index in [2.05, 4.69) is 20.3 Å². The van der Waals surface area contributed by atoms with E-state index < -0.39 is 11.7 Å². The van der Waals surface area contributed by atoms with Crippen molar-refractivity contribution in [3.05, 3.63) is 64.4 Å². The first-order valence-electron chi connectivity index (χ1n) is 10.2. The highest BCUT2D eigenvalue weighted by Gasteiger charge is 2.31.